The molecule has 0 atom stereocenters. The Morgan fingerprint density at radius 1 is 1.52 bits per heavy atom. The fourth-order valence-electron chi connectivity index (χ4n) is 2.10. The summed E-state index contributed by atoms with van der Waals surface area (Å²) in [5.74, 6) is -0.0267. The highest BCUT2D eigenvalue weighted by Crippen LogP contribution is 2.18. The first kappa shape index (κ1) is 14.8. The summed E-state index contributed by atoms with van der Waals surface area (Å²) in [5.41, 5.74) is 8.48. The molecule has 2 aromatic heterocycles. The van der Waals surface area contributed by atoms with Crippen molar-refractivity contribution in [3.05, 3.63) is 35.3 Å². The molecule has 112 valence electrons. The average Bonchev–Trinajstić information content (AvgIpc) is 2.85. The fourth-order valence-corrected chi connectivity index (χ4v) is 2.10. The fraction of sp³-hybridized carbons (Fsp3) is 0.357. The van der Waals surface area contributed by atoms with Crippen molar-refractivity contribution in [1.29, 1.82) is 0 Å². The van der Waals surface area contributed by atoms with Crippen molar-refractivity contribution in [2.45, 2.75) is 19.9 Å². The Kier molecular flexibility index (Phi) is 4.42. The summed E-state index contributed by atoms with van der Waals surface area (Å²) in [6.45, 7) is 2.57. The van der Waals surface area contributed by atoms with E-state index < -0.39 is 5.97 Å². The minimum atomic E-state index is -0.473. The number of pyridine rings is 1. The molecule has 21 heavy (non-hydrogen) atoms. The van der Waals surface area contributed by atoms with Gasteiger partial charge in [0.1, 0.15) is 11.4 Å². The van der Waals surface area contributed by atoms with Crippen molar-refractivity contribution < 1.29 is 9.53 Å². The topological polar surface area (TPSA) is 95.1 Å². The van der Waals surface area contributed by atoms with Crippen LogP contribution in [0.15, 0.2) is 18.5 Å². The van der Waals surface area contributed by atoms with Gasteiger partial charge in [-0.25, -0.2) is 9.78 Å². The van der Waals surface area contributed by atoms with Gasteiger partial charge in [0.25, 0.3) is 0 Å². The first-order valence-corrected chi connectivity index (χ1v) is 6.64. The molecule has 2 aromatic rings. The Morgan fingerprint density at radius 3 is 2.95 bits per heavy atom. The number of ether oxygens (including phenoxy) is 1. The summed E-state index contributed by atoms with van der Waals surface area (Å²) in [5, 5.41) is 7.51. The largest absolute Gasteiger partial charge is 0.465 e. The van der Waals surface area contributed by atoms with Gasteiger partial charge in [-0.3, -0.25) is 4.68 Å². The molecule has 7 nitrogen and oxygen atoms in total. The summed E-state index contributed by atoms with van der Waals surface area (Å²) in [7, 11) is 3.20. The van der Waals surface area contributed by atoms with E-state index in [0.717, 1.165) is 17.7 Å². The first-order chi connectivity index (χ1) is 10.0. The van der Waals surface area contributed by atoms with Crippen molar-refractivity contribution in [3.63, 3.8) is 0 Å². The van der Waals surface area contributed by atoms with Gasteiger partial charge in [-0.05, 0) is 12.5 Å². The number of nitrogens with two attached hydrogens (primary N) is 1. The standard InChI is InChI=1S/C14H19N5O2/c1-4-12-9(8-19(2)18-12)6-16-13-11(14(20)21-3)5-10(15)7-17-13/h5,7-8H,4,6,15H2,1-3H3,(H,16,17). The van der Waals surface area contributed by atoms with Crippen LogP contribution < -0.4 is 11.1 Å². The molecule has 0 radical (unpaired) electrons. The second kappa shape index (κ2) is 6.25. The number of nitrogens with one attached hydrogen (secondary N) is 1. The van der Waals surface area contributed by atoms with Gasteiger partial charge >= 0.3 is 5.97 Å². The predicted octanol–water partition coefficient (Wildman–Crippen LogP) is 1.36. The van der Waals surface area contributed by atoms with Crippen LogP contribution in [0.2, 0.25) is 0 Å². The third-order valence-electron chi connectivity index (χ3n) is 3.09. The van der Waals surface area contributed by atoms with Crippen LogP contribution in [0.5, 0.6) is 0 Å². The zero-order chi connectivity index (χ0) is 15.4. The molecular weight excluding hydrogens is 270 g/mol. The molecule has 0 aliphatic heterocycles. The summed E-state index contributed by atoms with van der Waals surface area (Å²) in [4.78, 5) is 15.9. The lowest BCUT2D eigenvalue weighted by molar-refractivity contribution is 0.0601. The maximum absolute atomic E-state index is 11.8. The van der Waals surface area contributed by atoms with Crippen molar-refractivity contribution in [3.8, 4) is 0 Å². The number of anilines is 2. The van der Waals surface area contributed by atoms with E-state index in [0.29, 0.717) is 23.6 Å². The van der Waals surface area contributed by atoms with Gasteiger partial charge in [0.2, 0.25) is 0 Å². The molecule has 7 heteroatoms. The Hall–Kier alpha value is -2.57. The van der Waals surface area contributed by atoms with E-state index in [1.54, 1.807) is 10.7 Å². The molecule has 0 spiro atoms. The van der Waals surface area contributed by atoms with E-state index in [1.165, 1.54) is 13.3 Å². The third-order valence-corrected chi connectivity index (χ3v) is 3.09. The van der Waals surface area contributed by atoms with Crippen LogP contribution in [-0.2, 0) is 24.8 Å². The summed E-state index contributed by atoms with van der Waals surface area (Å²) in [6, 6.07) is 1.55. The number of aromatic nitrogens is 3. The third kappa shape index (κ3) is 3.31. The van der Waals surface area contributed by atoms with Crippen molar-refractivity contribution in [2.75, 3.05) is 18.2 Å². The number of aryl methyl sites for hydroxylation is 2. The van der Waals surface area contributed by atoms with Gasteiger partial charge in [0.15, 0.2) is 0 Å². The number of carbonyl (C=O) groups excluding carboxylic acids is 1. The van der Waals surface area contributed by atoms with E-state index in [9.17, 15) is 4.79 Å². The van der Waals surface area contributed by atoms with Gasteiger partial charge in [-0.2, -0.15) is 5.10 Å². The lowest BCUT2D eigenvalue weighted by Gasteiger charge is -2.10. The number of esters is 1. The minimum absolute atomic E-state index is 0.319. The monoisotopic (exact) mass is 289 g/mol. The molecule has 0 saturated heterocycles. The number of hydrogen-bond acceptors (Lipinski definition) is 6. The molecule has 0 aliphatic rings. The zero-order valence-corrected chi connectivity index (χ0v) is 12.4. The van der Waals surface area contributed by atoms with E-state index in [-0.39, 0.29) is 0 Å². The maximum atomic E-state index is 11.8. The van der Waals surface area contributed by atoms with Crippen molar-refractivity contribution in [1.82, 2.24) is 14.8 Å². The predicted molar refractivity (Wildman–Crippen MR) is 79.9 cm³/mol. The molecule has 0 amide bonds. The average molecular weight is 289 g/mol. The summed E-state index contributed by atoms with van der Waals surface area (Å²) in [6.07, 6.45) is 4.29. The normalized spacial score (nSPS) is 10.4. The second-order valence-electron chi connectivity index (χ2n) is 4.64. The number of hydrogen-bond donors (Lipinski definition) is 2. The molecule has 0 fully saturated rings. The van der Waals surface area contributed by atoms with Gasteiger partial charge < -0.3 is 15.8 Å². The minimum Gasteiger partial charge on any atom is -0.465 e. The summed E-state index contributed by atoms with van der Waals surface area (Å²) < 4.78 is 6.51. The number of nitrogen functional groups attached to an aromatic ring is 1. The molecule has 0 aromatic carbocycles. The number of nitrogens with zero attached hydrogens (tertiary/aromatic N) is 3. The number of methoxy groups -OCH3 is 1. The van der Waals surface area contributed by atoms with Gasteiger partial charge in [-0.15, -0.1) is 0 Å². The molecule has 2 heterocycles. The maximum Gasteiger partial charge on any atom is 0.341 e. The highest BCUT2D eigenvalue weighted by Gasteiger charge is 2.14. The lowest BCUT2D eigenvalue weighted by Crippen LogP contribution is -2.11. The molecular formula is C14H19N5O2. The SMILES string of the molecule is CCc1nn(C)cc1CNc1ncc(N)cc1C(=O)OC. The zero-order valence-electron chi connectivity index (χ0n) is 12.4. The Morgan fingerprint density at radius 2 is 2.29 bits per heavy atom. The van der Waals surface area contributed by atoms with E-state index in [2.05, 4.69) is 15.4 Å². The van der Waals surface area contributed by atoms with E-state index >= 15 is 0 Å². The molecule has 0 saturated carbocycles. The number of rotatable bonds is 5. The highest BCUT2D eigenvalue weighted by molar-refractivity contribution is 5.95. The van der Waals surface area contributed by atoms with Gasteiger partial charge in [0, 0.05) is 25.4 Å². The van der Waals surface area contributed by atoms with Crippen LogP contribution in [0.4, 0.5) is 11.5 Å². The van der Waals surface area contributed by atoms with Crippen LogP contribution in [0.1, 0.15) is 28.5 Å². The van der Waals surface area contributed by atoms with Crippen molar-refractivity contribution in [2.24, 2.45) is 7.05 Å². The Labute approximate surface area is 123 Å². The lowest BCUT2D eigenvalue weighted by atomic mass is 10.2. The Balaban J connectivity index is 2.21. The van der Waals surface area contributed by atoms with Crippen LogP contribution in [-0.4, -0.2) is 27.8 Å². The molecule has 0 bridgehead atoms. The summed E-state index contributed by atoms with van der Waals surface area (Å²) >= 11 is 0. The molecule has 3 N–H and O–H groups in total. The molecule has 2 rings (SSSR count). The molecule has 0 aliphatic carbocycles. The second-order valence-corrected chi connectivity index (χ2v) is 4.64. The van der Waals surface area contributed by atoms with Crippen LogP contribution in [0.25, 0.3) is 0 Å². The van der Waals surface area contributed by atoms with Crippen LogP contribution in [0.3, 0.4) is 0 Å². The number of carbonyl (C=O) groups is 1. The van der Waals surface area contributed by atoms with Gasteiger partial charge in [0.05, 0.1) is 24.7 Å². The van der Waals surface area contributed by atoms with Gasteiger partial charge in [-0.1, -0.05) is 6.92 Å². The molecule has 0 unspecified atom stereocenters. The highest BCUT2D eigenvalue weighted by atomic mass is 16.5. The van der Waals surface area contributed by atoms with Crippen LogP contribution in [0, 0.1) is 0 Å². The van der Waals surface area contributed by atoms with Crippen LogP contribution >= 0.6 is 0 Å². The van der Waals surface area contributed by atoms with E-state index in [4.69, 9.17) is 10.5 Å². The van der Waals surface area contributed by atoms with E-state index in [1.807, 2.05) is 20.2 Å². The quantitative estimate of drug-likeness (QED) is 0.807. The first-order valence-electron chi connectivity index (χ1n) is 6.64. The van der Waals surface area contributed by atoms with Crippen molar-refractivity contribution >= 4 is 17.5 Å². The Bertz CT molecular complexity index is 651. The smallest absolute Gasteiger partial charge is 0.341 e.